The van der Waals surface area contributed by atoms with Crippen LogP contribution in [0.15, 0.2) is 53.4 Å². The number of methoxy groups -OCH3 is 1. The number of anilines is 1. The molecule has 1 saturated carbocycles. The van der Waals surface area contributed by atoms with Crippen LogP contribution in [-0.4, -0.2) is 45.5 Å². The molecule has 2 fully saturated rings. The molecule has 0 radical (unpaired) electrons. The summed E-state index contributed by atoms with van der Waals surface area (Å²) >= 11 is 0. The van der Waals surface area contributed by atoms with Gasteiger partial charge in [-0.15, -0.1) is 0 Å². The lowest BCUT2D eigenvalue weighted by atomic mass is 9.79. The normalized spacial score (nSPS) is 24.2. The third-order valence-corrected chi connectivity index (χ3v) is 7.66. The summed E-state index contributed by atoms with van der Waals surface area (Å²) in [6.07, 6.45) is 2.45. The Bertz CT molecular complexity index is 1140. The fourth-order valence-electron chi connectivity index (χ4n) is 4.53. The molecule has 2 aromatic rings. The van der Waals surface area contributed by atoms with Gasteiger partial charge in [0, 0.05) is 23.7 Å². The topological polar surface area (TPSA) is 126 Å². The number of esters is 1. The zero-order valence-electron chi connectivity index (χ0n) is 18.6. The summed E-state index contributed by atoms with van der Waals surface area (Å²) in [4.78, 5) is 24.5. The van der Waals surface area contributed by atoms with E-state index >= 15 is 0 Å². The molecule has 9 nitrogen and oxygen atoms in total. The molecule has 0 aromatic heterocycles. The molecule has 11 heteroatoms. The molecule has 2 aliphatic rings. The molecule has 4 N–H and O–H groups in total. The Morgan fingerprint density at radius 1 is 1.06 bits per heavy atom. The lowest BCUT2D eigenvalue weighted by Crippen LogP contribution is -2.46. The van der Waals surface area contributed by atoms with Gasteiger partial charge in [0.15, 0.2) is 0 Å². The van der Waals surface area contributed by atoms with Gasteiger partial charge in [-0.25, -0.2) is 18.2 Å². The van der Waals surface area contributed by atoms with E-state index in [0.29, 0.717) is 12.1 Å². The molecule has 0 spiro atoms. The van der Waals surface area contributed by atoms with Crippen molar-refractivity contribution in [3.05, 3.63) is 59.9 Å². The SMILES string of the molecule is COC(=O)C1NNC2CCC(NC(=O)Cc3ccc(NS(=O)(=O)c4ccc(F)cc4)cc3)CC21. The van der Waals surface area contributed by atoms with E-state index in [1.807, 2.05) is 0 Å². The highest BCUT2D eigenvalue weighted by Crippen LogP contribution is 2.31. The second kappa shape index (κ2) is 10.1. The molecule has 1 saturated heterocycles. The number of benzene rings is 2. The van der Waals surface area contributed by atoms with E-state index < -0.39 is 21.9 Å². The highest BCUT2D eigenvalue weighted by atomic mass is 32.2. The Balaban J connectivity index is 1.31. The van der Waals surface area contributed by atoms with Gasteiger partial charge in [-0.3, -0.25) is 19.7 Å². The van der Waals surface area contributed by atoms with Gasteiger partial charge in [0.25, 0.3) is 10.0 Å². The number of nitrogens with one attached hydrogen (secondary N) is 4. The van der Waals surface area contributed by atoms with Crippen molar-refractivity contribution in [2.24, 2.45) is 5.92 Å². The van der Waals surface area contributed by atoms with Gasteiger partial charge in [-0.05, 0) is 61.2 Å². The van der Waals surface area contributed by atoms with Crippen LogP contribution in [0.3, 0.4) is 0 Å². The number of hydrazine groups is 1. The van der Waals surface area contributed by atoms with Crippen LogP contribution in [0.2, 0.25) is 0 Å². The van der Waals surface area contributed by atoms with E-state index in [2.05, 4.69) is 20.9 Å². The van der Waals surface area contributed by atoms with Crippen LogP contribution in [0.25, 0.3) is 0 Å². The number of halogens is 1. The Labute approximate surface area is 197 Å². The number of hydrogen-bond acceptors (Lipinski definition) is 7. The predicted molar refractivity (Wildman–Crippen MR) is 122 cm³/mol. The van der Waals surface area contributed by atoms with Crippen molar-refractivity contribution in [3.8, 4) is 0 Å². The highest BCUT2D eigenvalue weighted by Gasteiger charge is 2.44. The first-order valence-electron chi connectivity index (χ1n) is 11.0. The van der Waals surface area contributed by atoms with E-state index in [0.717, 1.165) is 30.5 Å². The Hall–Kier alpha value is -3.02. The second-order valence-electron chi connectivity index (χ2n) is 8.57. The highest BCUT2D eigenvalue weighted by molar-refractivity contribution is 7.92. The first-order chi connectivity index (χ1) is 16.2. The van der Waals surface area contributed by atoms with Crippen molar-refractivity contribution in [2.45, 2.75) is 48.7 Å². The maximum atomic E-state index is 13.0. The van der Waals surface area contributed by atoms with Crippen LogP contribution in [-0.2, 0) is 30.8 Å². The van der Waals surface area contributed by atoms with Crippen molar-refractivity contribution in [1.82, 2.24) is 16.2 Å². The average molecular weight is 491 g/mol. The standard InChI is InChI=1S/C23H27FN4O5S/c1-33-23(30)22-19-13-17(8-11-20(19)26-27-22)25-21(29)12-14-2-6-16(7-3-14)28-34(31,32)18-9-4-15(24)5-10-18/h2-7,9-10,17,19-20,22,26-28H,8,11-13H2,1H3,(H,25,29). The van der Waals surface area contributed by atoms with Crippen molar-refractivity contribution in [3.63, 3.8) is 0 Å². The third kappa shape index (κ3) is 5.54. The number of ether oxygens (including phenoxy) is 1. The molecule has 4 unspecified atom stereocenters. The van der Waals surface area contributed by atoms with Gasteiger partial charge in [0.05, 0.1) is 18.4 Å². The molecule has 34 heavy (non-hydrogen) atoms. The van der Waals surface area contributed by atoms with Gasteiger partial charge < -0.3 is 10.1 Å². The largest absolute Gasteiger partial charge is 0.468 e. The monoisotopic (exact) mass is 490 g/mol. The maximum absolute atomic E-state index is 13.0. The number of sulfonamides is 1. The van der Waals surface area contributed by atoms with Crippen LogP contribution in [0.1, 0.15) is 24.8 Å². The van der Waals surface area contributed by atoms with Gasteiger partial charge in [0.1, 0.15) is 11.9 Å². The molecule has 1 aliphatic carbocycles. The molecule has 4 atom stereocenters. The summed E-state index contributed by atoms with van der Waals surface area (Å²) in [6.45, 7) is 0. The fraction of sp³-hybridized carbons (Fsp3) is 0.391. The van der Waals surface area contributed by atoms with Crippen LogP contribution in [0.4, 0.5) is 10.1 Å². The molecule has 2 aromatic carbocycles. The zero-order chi connectivity index (χ0) is 24.3. The van der Waals surface area contributed by atoms with E-state index in [1.54, 1.807) is 24.3 Å². The van der Waals surface area contributed by atoms with Gasteiger partial charge in [-0.2, -0.15) is 0 Å². The molecule has 182 valence electrons. The quantitative estimate of drug-likeness (QED) is 0.433. The molecule has 4 rings (SSSR count). The van der Waals surface area contributed by atoms with E-state index in [9.17, 15) is 22.4 Å². The second-order valence-corrected chi connectivity index (χ2v) is 10.3. The molecule has 1 amide bonds. The predicted octanol–water partition coefficient (Wildman–Crippen LogP) is 1.47. The van der Waals surface area contributed by atoms with Gasteiger partial charge in [0.2, 0.25) is 5.91 Å². The first-order valence-corrected chi connectivity index (χ1v) is 12.5. The Morgan fingerprint density at radius 2 is 1.76 bits per heavy atom. The number of carbonyl (C=O) groups excluding carboxylic acids is 2. The molecule has 0 bridgehead atoms. The lowest BCUT2D eigenvalue weighted by Gasteiger charge is -2.32. The van der Waals surface area contributed by atoms with E-state index in [-0.39, 0.29) is 41.2 Å². The number of hydrogen-bond donors (Lipinski definition) is 4. The van der Waals surface area contributed by atoms with Crippen molar-refractivity contribution in [1.29, 1.82) is 0 Å². The molecular formula is C23H27FN4O5S. The van der Waals surface area contributed by atoms with Crippen LogP contribution in [0.5, 0.6) is 0 Å². The van der Waals surface area contributed by atoms with Crippen LogP contribution >= 0.6 is 0 Å². The smallest absolute Gasteiger partial charge is 0.324 e. The third-order valence-electron chi connectivity index (χ3n) is 6.27. The Morgan fingerprint density at radius 3 is 2.44 bits per heavy atom. The van der Waals surface area contributed by atoms with Gasteiger partial charge >= 0.3 is 5.97 Å². The molecular weight excluding hydrogens is 463 g/mol. The number of carbonyl (C=O) groups is 2. The summed E-state index contributed by atoms with van der Waals surface area (Å²) in [5.74, 6) is -0.937. The van der Waals surface area contributed by atoms with Crippen LogP contribution in [0, 0.1) is 11.7 Å². The number of fused-ring (bicyclic) bond motifs is 1. The van der Waals surface area contributed by atoms with Crippen LogP contribution < -0.4 is 20.9 Å². The summed E-state index contributed by atoms with van der Waals surface area (Å²) < 4.78 is 45.2. The first kappa shape index (κ1) is 24.1. The molecule has 1 heterocycles. The minimum atomic E-state index is -3.84. The molecule has 1 aliphatic heterocycles. The summed E-state index contributed by atoms with van der Waals surface area (Å²) in [6, 6.07) is 10.7. The minimum Gasteiger partial charge on any atom is -0.468 e. The van der Waals surface area contributed by atoms with Gasteiger partial charge in [-0.1, -0.05) is 12.1 Å². The lowest BCUT2D eigenvalue weighted by molar-refractivity contribution is -0.144. The van der Waals surface area contributed by atoms with Crippen molar-refractivity contribution in [2.75, 3.05) is 11.8 Å². The Kier molecular flexibility index (Phi) is 7.15. The fourth-order valence-corrected chi connectivity index (χ4v) is 5.59. The summed E-state index contributed by atoms with van der Waals surface area (Å²) in [5.41, 5.74) is 7.20. The van der Waals surface area contributed by atoms with E-state index in [1.165, 1.54) is 19.2 Å². The summed E-state index contributed by atoms with van der Waals surface area (Å²) in [5, 5.41) is 3.05. The number of amides is 1. The van der Waals surface area contributed by atoms with E-state index in [4.69, 9.17) is 4.74 Å². The zero-order valence-corrected chi connectivity index (χ0v) is 19.4. The van der Waals surface area contributed by atoms with Crippen molar-refractivity contribution >= 4 is 27.6 Å². The minimum absolute atomic E-state index is 0.0376. The summed E-state index contributed by atoms with van der Waals surface area (Å²) in [7, 11) is -2.48. The van der Waals surface area contributed by atoms with Crippen molar-refractivity contribution < 1.29 is 27.1 Å². The average Bonchev–Trinajstić information content (AvgIpc) is 3.23. The maximum Gasteiger partial charge on any atom is 0.324 e. The number of rotatable bonds is 7.